The monoisotopic (exact) mass is 394 g/mol. The lowest BCUT2D eigenvalue weighted by Gasteiger charge is -2.40. The van der Waals surface area contributed by atoms with Crippen molar-refractivity contribution in [1.82, 2.24) is 9.03 Å². The van der Waals surface area contributed by atoms with Gasteiger partial charge in [0.05, 0.1) is 0 Å². The molecule has 0 spiro atoms. The summed E-state index contributed by atoms with van der Waals surface area (Å²) in [4.78, 5) is 0. The third-order valence-corrected chi connectivity index (χ3v) is 6.23. The van der Waals surface area contributed by atoms with Crippen molar-refractivity contribution in [3.05, 3.63) is 46.5 Å². The minimum Gasteiger partial charge on any atom is -0.197 e. The number of halogens is 1. The number of nitrogens with one attached hydrogen (secondary N) is 1. The van der Waals surface area contributed by atoms with Gasteiger partial charge in [0.25, 0.3) is 10.2 Å². The molecule has 1 heterocycles. The molecular weight excluding hydrogens is 368 g/mol. The van der Waals surface area contributed by atoms with Gasteiger partial charge in [-0.2, -0.15) is 17.4 Å². The van der Waals surface area contributed by atoms with Crippen molar-refractivity contribution >= 4 is 21.8 Å². The third-order valence-electron chi connectivity index (χ3n) is 4.13. The van der Waals surface area contributed by atoms with E-state index in [2.05, 4.69) is 30.4 Å². The molecule has 0 bridgehead atoms. The molecule has 1 aliphatic rings. The van der Waals surface area contributed by atoms with E-state index < -0.39 is 15.7 Å². The molecule has 0 aromatic heterocycles. The Morgan fingerprint density at radius 3 is 2.58 bits per heavy atom. The summed E-state index contributed by atoms with van der Waals surface area (Å²) in [5.74, 6) is 6.18. The summed E-state index contributed by atoms with van der Waals surface area (Å²) in [5, 5.41) is 0.662. The molecule has 1 N–H and O–H groups in total. The van der Waals surface area contributed by atoms with E-state index in [9.17, 15) is 8.42 Å². The van der Waals surface area contributed by atoms with Gasteiger partial charge in [0, 0.05) is 34.6 Å². The first-order chi connectivity index (χ1) is 11.9. The molecule has 1 saturated heterocycles. The van der Waals surface area contributed by atoms with Gasteiger partial charge >= 0.3 is 0 Å². The van der Waals surface area contributed by atoms with Crippen molar-refractivity contribution in [2.75, 3.05) is 13.1 Å². The first-order valence-electron chi connectivity index (χ1n) is 8.65. The summed E-state index contributed by atoms with van der Waals surface area (Å²) in [7, 11) is -3.50. The van der Waals surface area contributed by atoms with Crippen LogP contribution in [0, 0.1) is 17.3 Å². The normalized spacial score (nSPS) is 19.8. The van der Waals surface area contributed by atoms with Crippen LogP contribution >= 0.6 is 11.6 Å². The number of nitrogens with zero attached hydrogens (tertiary/aromatic N) is 1. The Kier molecular flexibility index (Phi) is 6.24. The summed E-state index contributed by atoms with van der Waals surface area (Å²) in [6.45, 7) is 10.5. The highest BCUT2D eigenvalue weighted by Crippen LogP contribution is 2.35. The van der Waals surface area contributed by atoms with Gasteiger partial charge in [0.15, 0.2) is 0 Å². The highest BCUT2D eigenvalue weighted by molar-refractivity contribution is 7.87. The predicted molar refractivity (Wildman–Crippen MR) is 108 cm³/mol. The fraction of sp³-hybridized carbons (Fsp3) is 0.500. The summed E-state index contributed by atoms with van der Waals surface area (Å²) >= 11 is 5.97. The molecule has 4 nitrogen and oxygen atoms in total. The molecule has 142 valence electrons. The van der Waals surface area contributed by atoms with Crippen molar-refractivity contribution in [1.29, 1.82) is 0 Å². The van der Waals surface area contributed by atoms with E-state index in [-0.39, 0.29) is 5.41 Å². The molecule has 26 heavy (non-hydrogen) atoms. The van der Waals surface area contributed by atoms with E-state index in [1.807, 2.05) is 51.1 Å². The molecule has 0 unspecified atom stereocenters. The largest absolute Gasteiger partial charge is 0.279 e. The number of hydrogen-bond donors (Lipinski definition) is 1. The molecule has 0 atom stereocenters. The summed E-state index contributed by atoms with van der Waals surface area (Å²) in [6, 6.07) is 7.42. The van der Waals surface area contributed by atoms with Crippen LogP contribution < -0.4 is 4.72 Å². The van der Waals surface area contributed by atoms with E-state index in [4.69, 9.17) is 11.6 Å². The zero-order valence-corrected chi connectivity index (χ0v) is 17.6. The van der Waals surface area contributed by atoms with E-state index in [1.165, 1.54) is 4.31 Å². The van der Waals surface area contributed by atoms with Crippen LogP contribution in [0.4, 0.5) is 0 Å². The second-order valence-corrected chi connectivity index (χ2v) is 10.4. The van der Waals surface area contributed by atoms with Gasteiger partial charge in [-0.1, -0.05) is 48.9 Å². The van der Waals surface area contributed by atoms with Crippen LogP contribution in [-0.4, -0.2) is 31.4 Å². The maximum absolute atomic E-state index is 12.6. The van der Waals surface area contributed by atoms with Gasteiger partial charge in [-0.25, -0.2) is 0 Å². The maximum atomic E-state index is 12.6. The molecule has 2 rings (SSSR count). The smallest absolute Gasteiger partial charge is 0.197 e. The molecule has 1 aromatic rings. The maximum Gasteiger partial charge on any atom is 0.279 e. The average molecular weight is 395 g/mol. The van der Waals surface area contributed by atoms with Crippen LogP contribution in [0.1, 0.15) is 46.6 Å². The highest BCUT2D eigenvalue weighted by Gasteiger charge is 2.37. The summed E-state index contributed by atoms with van der Waals surface area (Å²) < 4.78 is 29.4. The number of allylic oxidation sites excluding steroid dienone is 1. The Hall–Kier alpha value is -1.32. The zero-order valence-electron chi connectivity index (χ0n) is 16.1. The number of piperidine rings is 1. The van der Waals surface area contributed by atoms with E-state index >= 15 is 0 Å². The minimum absolute atomic E-state index is 0.270. The van der Waals surface area contributed by atoms with Crippen molar-refractivity contribution < 1.29 is 8.42 Å². The lowest BCUT2D eigenvalue weighted by molar-refractivity contribution is 0.248. The first kappa shape index (κ1) is 21.0. The van der Waals surface area contributed by atoms with Gasteiger partial charge in [0.2, 0.25) is 0 Å². The van der Waals surface area contributed by atoms with Crippen LogP contribution in [0.2, 0.25) is 5.02 Å². The zero-order chi connectivity index (χ0) is 19.6. The standard InChI is InChI=1S/C20H27ClN2O2S/c1-19(2,3)22-26(24,25)23-13-12-17(20(4,5)15-23)10-6-8-16-9-7-11-18(21)14-16/h7,9-11,14,22H,12-13,15H2,1-5H3/b17-10+. The van der Waals surface area contributed by atoms with Gasteiger partial charge in [-0.15, -0.1) is 0 Å². The minimum atomic E-state index is -3.50. The fourth-order valence-corrected chi connectivity index (χ4v) is 4.82. The molecule has 0 aliphatic carbocycles. The molecule has 6 heteroatoms. The fourth-order valence-electron chi connectivity index (χ4n) is 2.90. The van der Waals surface area contributed by atoms with Gasteiger partial charge in [0.1, 0.15) is 0 Å². The molecular formula is C20H27ClN2O2S. The molecule has 1 fully saturated rings. The molecule has 1 aromatic carbocycles. The molecule has 0 radical (unpaired) electrons. The second kappa shape index (κ2) is 7.74. The number of rotatable bonds is 2. The SMILES string of the molecule is CC(C)(C)NS(=O)(=O)N1CC/C(=C\C#Cc2cccc(Cl)c2)C(C)(C)C1. The predicted octanol–water partition coefficient (Wildman–Crippen LogP) is 3.98. The lowest BCUT2D eigenvalue weighted by atomic mass is 9.79. The van der Waals surface area contributed by atoms with Crippen molar-refractivity contribution in [3.63, 3.8) is 0 Å². The van der Waals surface area contributed by atoms with Crippen LogP contribution in [0.3, 0.4) is 0 Å². The summed E-state index contributed by atoms with van der Waals surface area (Å²) in [5.41, 5.74) is 1.26. The molecule has 0 amide bonds. The van der Waals surface area contributed by atoms with Crippen molar-refractivity contribution in [2.45, 2.75) is 46.6 Å². The van der Waals surface area contributed by atoms with E-state index in [0.717, 1.165) is 11.1 Å². The first-order valence-corrected chi connectivity index (χ1v) is 10.5. The highest BCUT2D eigenvalue weighted by atomic mass is 35.5. The third kappa shape index (κ3) is 5.85. The lowest BCUT2D eigenvalue weighted by Crippen LogP contribution is -2.53. The van der Waals surface area contributed by atoms with E-state index in [1.54, 1.807) is 0 Å². The van der Waals surface area contributed by atoms with Crippen LogP contribution in [-0.2, 0) is 10.2 Å². The van der Waals surface area contributed by atoms with Gasteiger partial charge < -0.3 is 0 Å². The van der Waals surface area contributed by atoms with Crippen LogP contribution in [0.15, 0.2) is 35.9 Å². The Labute approximate surface area is 162 Å². The Balaban J connectivity index is 2.14. The Morgan fingerprint density at radius 1 is 1.31 bits per heavy atom. The van der Waals surface area contributed by atoms with Crippen molar-refractivity contribution in [2.24, 2.45) is 5.41 Å². The quantitative estimate of drug-likeness (QED) is 0.771. The van der Waals surface area contributed by atoms with Crippen LogP contribution in [0.25, 0.3) is 0 Å². The van der Waals surface area contributed by atoms with E-state index in [0.29, 0.717) is 24.5 Å². The van der Waals surface area contributed by atoms with Gasteiger partial charge in [-0.3, -0.25) is 0 Å². The number of benzene rings is 1. The van der Waals surface area contributed by atoms with Crippen molar-refractivity contribution in [3.8, 4) is 11.8 Å². The Bertz CT molecular complexity index is 856. The van der Waals surface area contributed by atoms with Gasteiger partial charge in [-0.05, 0) is 51.5 Å². The second-order valence-electron chi connectivity index (χ2n) is 8.27. The number of hydrogen-bond acceptors (Lipinski definition) is 2. The molecule has 0 saturated carbocycles. The average Bonchev–Trinajstić information content (AvgIpc) is 2.46. The Morgan fingerprint density at radius 2 is 2.00 bits per heavy atom. The summed E-state index contributed by atoms with van der Waals surface area (Å²) in [6.07, 6.45) is 2.59. The molecule has 1 aliphatic heterocycles. The topological polar surface area (TPSA) is 49.4 Å². The van der Waals surface area contributed by atoms with Crippen LogP contribution in [0.5, 0.6) is 0 Å².